The van der Waals surface area contributed by atoms with Crippen molar-refractivity contribution in [2.45, 2.75) is 48.0 Å². The second-order valence-electron chi connectivity index (χ2n) is 6.57. The first-order valence-corrected chi connectivity index (χ1v) is 5.39. The standard InChI is InChI=1S/C13H24/c1-12(2,3)10-7-8-11(9-10)13(4,5)6/h7-8,10-11H,9H2,1-6H3. The molecule has 0 aromatic rings. The van der Waals surface area contributed by atoms with Gasteiger partial charge in [0.15, 0.2) is 0 Å². The summed E-state index contributed by atoms with van der Waals surface area (Å²) >= 11 is 0. The summed E-state index contributed by atoms with van der Waals surface area (Å²) < 4.78 is 0. The number of allylic oxidation sites excluding steroid dienone is 2. The molecule has 0 aromatic heterocycles. The Morgan fingerprint density at radius 3 is 1.23 bits per heavy atom. The first-order valence-electron chi connectivity index (χ1n) is 5.39. The average Bonchev–Trinajstić information content (AvgIpc) is 2.28. The highest BCUT2D eigenvalue weighted by Crippen LogP contribution is 2.43. The Balaban J connectivity index is 2.63. The van der Waals surface area contributed by atoms with Crippen molar-refractivity contribution in [2.75, 3.05) is 0 Å². The van der Waals surface area contributed by atoms with Crippen molar-refractivity contribution in [2.24, 2.45) is 22.7 Å². The van der Waals surface area contributed by atoms with Crippen LogP contribution in [0.25, 0.3) is 0 Å². The lowest BCUT2D eigenvalue weighted by atomic mass is 9.74. The fourth-order valence-corrected chi connectivity index (χ4v) is 1.98. The van der Waals surface area contributed by atoms with Gasteiger partial charge in [0.25, 0.3) is 0 Å². The molecule has 76 valence electrons. The highest BCUT2D eigenvalue weighted by Gasteiger charge is 2.33. The predicted octanol–water partition coefficient (Wildman–Crippen LogP) is 4.27. The monoisotopic (exact) mass is 180 g/mol. The van der Waals surface area contributed by atoms with Crippen LogP contribution in [0.4, 0.5) is 0 Å². The molecule has 0 amide bonds. The van der Waals surface area contributed by atoms with E-state index in [1.165, 1.54) is 6.42 Å². The quantitative estimate of drug-likeness (QED) is 0.488. The zero-order valence-corrected chi connectivity index (χ0v) is 10.0. The van der Waals surface area contributed by atoms with E-state index in [9.17, 15) is 0 Å². The fourth-order valence-electron chi connectivity index (χ4n) is 1.98. The second-order valence-corrected chi connectivity index (χ2v) is 6.57. The number of hydrogen-bond donors (Lipinski definition) is 0. The Bertz CT molecular complexity index is 175. The molecule has 0 heteroatoms. The van der Waals surface area contributed by atoms with Crippen LogP contribution in [0, 0.1) is 22.7 Å². The topological polar surface area (TPSA) is 0 Å². The van der Waals surface area contributed by atoms with Crippen LogP contribution in [-0.4, -0.2) is 0 Å². The highest BCUT2D eigenvalue weighted by molar-refractivity contribution is 5.08. The van der Waals surface area contributed by atoms with Gasteiger partial charge in [-0.3, -0.25) is 0 Å². The lowest BCUT2D eigenvalue weighted by Gasteiger charge is -2.30. The minimum atomic E-state index is 0.441. The molecule has 0 heterocycles. The third-order valence-corrected chi connectivity index (χ3v) is 3.31. The van der Waals surface area contributed by atoms with Crippen LogP contribution < -0.4 is 0 Å². The predicted molar refractivity (Wildman–Crippen MR) is 59.6 cm³/mol. The van der Waals surface area contributed by atoms with Gasteiger partial charge in [-0.25, -0.2) is 0 Å². The summed E-state index contributed by atoms with van der Waals surface area (Å²) in [4.78, 5) is 0. The van der Waals surface area contributed by atoms with Crippen molar-refractivity contribution in [3.63, 3.8) is 0 Å². The van der Waals surface area contributed by atoms with Gasteiger partial charge in [-0.15, -0.1) is 0 Å². The molecule has 2 atom stereocenters. The zero-order chi connectivity index (χ0) is 10.3. The summed E-state index contributed by atoms with van der Waals surface area (Å²) in [6, 6.07) is 0. The van der Waals surface area contributed by atoms with Gasteiger partial charge in [0, 0.05) is 0 Å². The molecule has 0 radical (unpaired) electrons. The first kappa shape index (κ1) is 10.8. The van der Waals surface area contributed by atoms with Gasteiger partial charge in [0.05, 0.1) is 0 Å². The normalized spacial score (nSPS) is 29.7. The minimum absolute atomic E-state index is 0.441. The molecule has 0 fully saturated rings. The van der Waals surface area contributed by atoms with Crippen molar-refractivity contribution in [1.82, 2.24) is 0 Å². The molecule has 1 aliphatic rings. The molecular formula is C13H24. The smallest absolute Gasteiger partial charge is 0.0179 e. The van der Waals surface area contributed by atoms with Crippen LogP contribution >= 0.6 is 0 Å². The minimum Gasteiger partial charge on any atom is -0.0846 e. The third kappa shape index (κ3) is 2.59. The van der Waals surface area contributed by atoms with Gasteiger partial charge in [-0.05, 0) is 29.1 Å². The molecule has 1 rings (SSSR count). The summed E-state index contributed by atoms with van der Waals surface area (Å²) in [5.74, 6) is 1.55. The van der Waals surface area contributed by atoms with Crippen LogP contribution in [-0.2, 0) is 0 Å². The Kier molecular flexibility index (Phi) is 2.62. The van der Waals surface area contributed by atoms with Gasteiger partial charge < -0.3 is 0 Å². The summed E-state index contributed by atoms with van der Waals surface area (Å²) in [5, 5.41) is 0. The molecule has 13 heavy (non-hydrogen) atoms. The zero-order valence-electron chi connectivity index (χ0n) is 10.0. The van der Waals surface area contributed by atoms with E-state index in [0.29, 0.717) is 10.8 Å². The Morgan fingerprint density at radius 1 is 0.769 bits per heavy atom. The van der Waals surface area contributed by atoms with E-state index in [1.54, 1.807) is 0 Å². The molecule has 2 unspecified atom stereocenters. The van der Waals surface area contributed by atoms with Gasteiger partial charge >= 0.3 is 0 Å². The Morgan fingerprint density at radius 2 is 1.08 bits per heavy atom. The molecule has 0 nitrogen and oxygen atoms in total. The summed E-state index contributed by atoms with van der Waals surface area (Å²) in [6.45, 7) is 14.0. The van der Waals surface area contributed by atoms with Gasteiger partial charge in [-0.1, -0.05) is 53.7 Å². The molecule has 0 N–H and O–H groups in total. The van der Waals surface area contributed by atoms with Crippen molar-refractivity contribution in [3.05, 3.63) is 12.2 Å². The molecule has 1 aliphatic carbocycles. The van der Waals surface area contributed by atoms with Crippen molar-refractivity contribution in [3.8, 4) is 0 Å². The van der Waals surface area contributed by atoms with Gasteiger partial charge in [0.2, 0.25) is 0 Å². The highest BCUT2D eigenvalue weighted by atomic mass is 14.4. The van der Waals surface area contributed by atoms with E-state index in [4.69, 9.17) is 0 Å². The van der Waals surface area contributed by atoms with E-state index >= 15 is 0 Å². The average molecular weight is 180 g/mol. The molecule has 0 bridgehead atoms. The molecule has 0 saturated heterocycles. The maximum absolute atomic E-state index is 2.43. The van der Waals surface area contributed by atoms with Crippen LogP contribution in [0.5, 0.6) is 0 Å². The second kappa shape index (κ2) is 3.15. The van der Waals surface area contributed by atoms with E-state index in [2.05, 4.69) is 53.7 Å². The maximum Gasteiger partial charge on any atom is -0.0179 e. The summed E-state index contributed by atoms with van der Waals surface area (Å²) in [6.07, 6.45) is 6.19. The van der Waals surface area contributed by atoms with E-state index in [0.717, 1.165) is 11.8 Å². The third-order valence-electron chi connectivity index (χ3n) is 3.31. The largest absolute Gasteiger partial charge is 0.0846 e. The lowest BCUT2D eigenvalue weighted by molar-refractivity contribution is 0.214. The summed E-state index contributed by atoms with van der Waals surface area (Å²) in [5.41, 5.74) is 0.882. The Labute approximate surface area is 83.4 Å². The van der Waals surface area contributed by atoms with Crippen LogP contribution in [0.1, 0.15) is 48.0 Å². The first-order chi connectivity index (χ1) is 5.71. The van der Waals surface area contributed by atoms with Crippen LogP contribution in [0.2, 0.25) is 0 Å². The van der Waals surface area contributed by atoms with Crippen molar-refractivity contribution in [1.29, 1.82) is 0 Å². The van der Waals surface area contributed by atoms with E-state index in [-0.39, 0.29) is 0 Å². The van der Waals surface area contributed by atoms with Crippen LogP contribution in [0.3, 0.4) is 0 Å². The SMILES string of the molecule is CC(C)(C)C1C=CC(C(C)(C)C)C1. The van der Waals surface area contributed by atoms with Gasteiger partial charge in [0.1, 0.15) is 0 Å². The van der Waals surface area contributed by atoms with E-state index < -0.39 is 0 Å². The van der Waals surface area contributed by atoms with Crippen LogP contribution in [0.15, 0.2) is 12.2 Å². The lowest BCUT2D eigenvalue weighted by Crippen LogP contribution is -2.22. The molecule has 0 aromatic carbocycles. The fraction of sp³-hybridized carbons (Fsp3) is 0.846. The molecule has 0 aliphatic heterocycles. The number of rotatable bonds is 0. The molecular weight excluding hydrogens is 156 g/mol. The maximum atomic E-state index is 2.43. The Hall–Kier alpha value is -0.260. The summed E-state index contributed by atoms with van der Waals surface area (Å²) in [7, 11) is 0. The van der Waals surface area contributed by atoms with Crippen molar-refractivity contribution < 1.29 is 0 Å². The van der Waals surface area contributed by atoms with Crippen molar-refractivity contribution >= 4 is 0 Å². The molecule has 0 saturated carbocycles. The molecule has 0 spiro atoms. The van der Waals surface area contributed by atoms with E-state index in [1.807, 2.05) is 0 Å². The van der Waals surface area contributed by atoms with Gasteiger partial charge in [-0.2, -0.15) is 0 Å². The number of hydrogen-bond acceptors (Lipinski definition) is 0.